The Kier molecular flexibility index (Phi) is 2.60. The standard InChI is InChI=1S/C13H19N/c1-3-9-14-11-13(14,2)10-12-7-5-4-6-8-12/h4-8H,3,9-11H2,1-2H3. The zero-order valence-electron chi connectivity index (χ0n) is 9.16. The molecule has 1 fully saturated rings. The molecule has 0 bridgehead atoms. The third-order valence-electron chi connectivity index (χ3n) is 3.11. The molecule has 1 heteroatoms. The quantitative estimate of drug-likeness (QED) is 0.658. The van der Waals surface area contributed by atoms with E-state index in [4.69, 9.17) is 0 Å². The molecule has 1 aromatic carbocycles. The van der Waals surface area contributed by atoms with E-state index in [9.17, 15) is 0 Å². The van der Waals surface area contributed by atoms with Crippen molar-refractivity contribution in [2.24, 2.45) is 0 Å². The third-order valence-corrected chi connectivity index (χ3v) is 3.11. The molecule has 2 rings (SSSR count). The second kappa shape index (κ2) is 3.74. The van der Waals surface area contributed by atoms with Gasteiger partial charge in [0, 0.05) is 12.1 Å². The Hall–Kier alpha value is -0.820. The average Bonchev–Trinajstić information content (AvgIpc) is 2.78. The van der Waals surface area contributed by atoms with Crippen molar-refractivity contribution in [1.29, 1.82) is 0 Å². The van der Waals surface area contributed by atoms with Gasteiger partial charge in [0.2, 0.25) is 0 Å². The van der Waals surface area contributed by atoms with Crippen LogP contribution in [0.25, 0.3) is 0 Å². The van der Waals surface area contributed by atoms with Crippen molar-refractivity contribution in [3.05, 3.63) is 35.9 Å². The van der Waals surface area contributed by atoms with Gasteiger partial charge in [-0.2, -0.15) is 0 Å². The Morgan fingerprint density at radius 1 is 1.29 bits per heavy atom. The Bertz CT molecular complexity index is 293. The van der Waals surface area contributed by atoms with Crippen LogP contribution in [-0.4, -0.2) is 23.5 Å². The van der Waals surface area contributed by atoms with Gasteiger partial charge in [-0.15, -0.1) is 0 Å². The van der Waals surface area contributed by atoms with Crippen LogP contribution in [0.2, 0.25) is 0 Å². The van der Waals surface area contributed by atoms with Gasteiger partial charge in [0.15, 0.2) is 0 Å². The molecule has 0 N–H and O–H groups in total. The van der Waals surface area contributed by atoms with Crippen LogP contribution in [-0.2, 0) is 6.42 Å². The van der Waals surface area contributed by atoms with E-state index in [0.717, 1.165) is 0 Å². The predicted octanol–water partition coefficient (Wildman–Crippen LogP) is 2.71. The Balaban J connectivity index is 1.94. The molecule has 0 aromatic heterocycles. The average molecular weight is 189 g/mol. The summed E-state index contributed by atoms with van der Waals surface area (Å²) in [6.45, 7) is 7.15. The van der Waals surface area contributed by atoms with E-state index in [1.54, 1.807) is 0 Å². The third kappa shape index (κ3) is 1.98. The normalized spacial score (nSPS) is 30.3. The minimum Gasteiger partial charge on any atom is -0.294 e. The molecule has 0 radical (unpaired) electrons. The van der Waals surface area contributed by atoms with Gasteiger partial charge in [-0.1, -0.05) is 37.3 Å². The van der Waals surface area contributed by atoms with Crippen molar-refractivity contribution < 1.29 is 0 Å². The topological polar surface area (TPSA) is 3.01 Å². The van der Waals surface area contributed by atoms with Crippen molar-refractivity contribution in [1.82, 2.24) is 4.90 Å². The van der Waals surface area contributed by atoms with E-state index in [1.165, 1.54) is 31.5 Å². The fourth-order valence-electron chi connectivity index (χ4n) is 2.20. The Morgan fingerprint density at radius 2 is 2.00 bits per heavy atom. The van der Waals surface area contributed by atoms with Crippen LogP contribution in [0, 0.1) is 0 Å². The zero-order valence-corrected chi connectivity index (χ0v) is 9.16. The molecule has 0 saturated carbocycles. The van der Waals surface area contributed by atoms with Gasteiger partial charge in [0.25, 0.3) is 0 Å². The van der Waals surface area contributed by atoms with E-state index in [1.807, 2.05) is 0 Å². The summed E-state index contributed by atoms with van der Waals surface area (Å²) in [5.74, 6) is 0. The highest BCUT2D eigenvalue weighted by Crippen LogP contribution is 2.34. The lowest BCUT2D eigenvalue weighted by atomic mass is 10.0. The molecule has 0 amide bonds. The molecule has 0 aliphatic carbocycles. The van der Waals surface area contributed by atoms with Gasteiger partial charge in [0.05, 0.1) is 0 Å². The second-order valence-electron chi connectivity index (χ2n) is 4.58. The number of benzene rings is 1. The summed E-state index contributed by atoms with van der Waals surface area (Å²) in [7, 11) is 0. The van der Waals surface area contributed by atoms with E-state index in [-0.39, 0.29) is 0 Å². The van der Waals surface area contributed by atoms with Crippen LogP contribution < -0.4 is 0 Å². The van der Waals surface area contributed by atoms with E-state index in [2.05, 4.69) is 49.1 Å². The van der Waals surface area contributed by atoms with Crippen LogP contribution in [0.15, 0.2) is 30.3 Å². The summed E-state index contributed by atoms with van der Waals surface area (Å²) in [6.07, 6.45) is 2.47. The molecule has 1 aliphatic heterocycles. The van der Waals surface area contributed by atoms with Gasteiger partial charge in [-0.25, -0.2) is 0 Å². The molecule has 1 saturated heterocycles. The highest BCUT2D eigenvalue weighted by molar-refractivity contribution is 5.21. The fraction of sp³-hybridized carbons (Fsp3) is 0.538. The molecule has 1 aliphatic rings. The van der Waals surface area contributed by atoms with Gasteiger partial charge in [-0.3, -0.25) is 4.90 Å². The minimum atomic E-state index is 0.456. The van der Waals surface area contributed by atoms with Gasteiger partial charge in [-0.05, 0) is 31.9 Å². The van der Waals surface area contributed by atoms with Crippen LogP contribution in [0.1, 0.15) is 25.8 Å². The maximum Gasteiger partial charge on any atom is 0.0349 e. The molecule has 1 nitrogen and oxygen atoms in total. The lowest BCUT2D eigenvalue weighted by Gasteiger charge is -2.11. The predicted molar refractivity (Wildman–Crippen MR) is 60.4 cm³/mol. The van der Waals surface area contributed by atoms with Gasteiger partial charge in [0.1, 0.15) is 0 Å². The molecular weight excluding hydrogens is 170 g/mol. The lowest BCUT2D eigenvalue weighted by molar-refractivity contribution is 0.421. The first-order valence-corrected chi connectivity index (χ1v) is 5.53. The largest absolute Gasteiger partial charge is 0.294 e. The monoisotopic (exact) mass is 189 g/mol. The zero-order chi connectivity index (χ0) is 10.0. The first-order chi connectivity index (χ1) is 6.74. The van der Waals surface area contributed by atoms with Crippen LogP contribution >= 0.6 is 0 Å². The molecule has 1 aromatic rings. The molecule has 2 unspecified atom stereocenters. The number of hydrogen-bond donors (Lipinski definition) is 0. The Labute approximate surface area is 86.7 Å². The van der Waals surface area contributed by atoms with Crippen molar-refractivity contribution in [2.45, 2.75) is 32.2 Å². The number of nitrogens with zero attached hydrogens (tertiary/aromatic N) is 1. The van der Waals surface area contributed by atoms with Crippen LogP contribution in [0.4, 0.5) is 0 Å². The van der Waals surface area contributed by atoms with E-state index in [0.29, 0.717) is 5.54 Å². The Morgan fingerprint density at radius 3 is 2.64 bits per heavy atom. The van der Waals surface area contributed by atoms with Crippen molar-refractivity contribution >= 4 is 0 Å². The maximum atomic E-state index is 2.57. The van der Waals surface area contributed by atoms with E-state index < -0.39 is 0 Å². The summed E-state index contributed by atoms with van der Waals surface area (Å²) in [5, 5.41) is 0. The fourth-order valence-corrected chi connectivity index (χ4v) is 2.20. The van der Waals surface area contributed by atoms with Gasteiger partial charge >= 0.3 is 0 Å². The summed E-state index contributed by atoms with van der Waals surface area (Å²) in [4.78, 5) is 2.57. The molecule has 14 heavy (non-hydrogen) atoms. The first kappa shape index (κ1) is 9.72. The lowest BCUT2D eigenvalue weighted by Crippen LogP contribution is -2.17. The van der Waals surface area contributed by atoms with Crippen molar-refractivity contribution in [3.63, 3.8) is 0 Å². The molecule has 76 valence electrons. The number of hydrogen-bond acceptors (Lipinski definition) is 1. The summed E-state index contributed by atoms with van der Waals surface area (Å²) >= 11 is 0. The SMILES string of the molecule is CCCN1CC1(C)Cc1ccccc1. The van der Waals surface area contributed by atoms with Crippen LogP contribution in [0.5, 0.6) is 0 Å². The second-order valence-corrected chi connectivity index (χ2v) is 4.58. The number of rotatable bonds is 4. The molecule has 1 heterocycles. The van der Waals surface area contributed by atoms with Gasteiger partial charge < -0.3 is 0 Å². The van der Waals surface area contributed by atoms with Crippen molar-refractivity contribution in [2.75, 3.05) is 13.1 Å². The summed E-state index contributed by atoms with van der Waals surface area (Å²) in [5.41, 5.74) is 1.92. The maximum absolute atomic E-state index is 2.57. The van der Waals surface area contributed by atoms with E-state index >= 15 is 0 Å². The smallest absolute Gasteiger partial charge is 0.0349 e. The van der Waals surface area contributed by atoms with Crippen LogP contribution in [0.3, 0.4) is 0 Å². The summed E-state index contributed by atoms with van der Waals surface area (Å²) in [6, 6.07) is 10.8. The minimum absolute atomic E-state index is 0.456. The molecule has 2 atom stereocenters. The molecule has 0 spiro atoms. The first-order valence-electron chi connectivity index (χ1n) is 5.53. The summed E-state index contributed by atoms with van der Waals surface area (Å²) < 4.78 is 0. The highest BCUT2D eigenvalue weighted by atomic mass is 15.3. The highest BCUT2D eigenvalue weighted by Gasteiger charge is 2.46. The molecular formula is C13H19N. The van der Waals surface area contributed by atoms with Crippen molar-refractivity contribution in [3.8, 4) is 0 Å².